The van der Waals surface area contributed by atoms with E-state index in [0.717, 1.165) is 12.2 Å². The molecule has 0 radical (unpaired) electrons. The Kier molecular flexibility index (Phi) is 5.92. The third kappa shape index (κ3) is 5.32. The SMILES string of the molecule is CC(C)(Cc1ccc2ccccc2c1)NCC(O)COc1ccccc1. The molecule has 0 aliphatic rings. The molecule has 0 spiro atoms. The summed E-state index contributed by atoms with van der Waals surface area (Å²) in [5.41, 5.74) is 1.17. The summed E-state index contributed by atoms with van der Waals surface area (Å²) < 4.78 is 5.61. The third-order valence-corrected chi connectivity index (χ3v) is 4.46. The fourth-order valence-corrected chi connectivity index (χ4v) is 3.08. The Morgan fingerprint density at radius 2 is 1.62 bits per heavy atom. The standard InChI is InChI=1S/C23H27NO2/c1-23(2,15-18-12-13-19-8-6-7-9-20(19)14-18)24-16-21(25)17-26-22-10-4-3-5-11-22/h3-14,21,24-25H,15-17H2,1-2H3. The minimum atomic E-state index is -0.550. The van der Waals surface area contributed by atoms with Gasteiger partial charge in [-0.3, -0.25) is 0 Å². The molecule has 136 valence electrons. The molecule has 0 aromatic heterocycles. The highest BCUT2D eigenvalue weighted by atomic mass is 16.5. The zero-order valence-corrected chi connectivity index (χ0v) is 15.5. The summed E-state index contributed by atoms with van der Waals surface area (Å²) in [6.07, 6.45) is 0.343. The van der Waals surface area contributed by atoms with Crippen molar-refractivity contribution in [3.63, 3.8) is 0 Å². The minimum absolute atomic E-state index is 0.115. The highest BCUT2D eigenvalue weighted by Crippen LogP contribution is 2.19. The van der Waals surface area contributed by atoms with Gasteiger partial charge in [0.25, 0.3) is 0 Å². The van der Waals surface area contributed by atoms with Crippen LogP contribution in [0.15, 0.2) is 72.8 Å². The quantitative estimate of drug-likeness (QED) is 0.641. The normalized spacial score (nSPS) is 12.9. The van der Waals surface area contributed by atoms with Crippen LogP contribution in [0.3, 0.4) is 0 Å². The van der Waals surface area contributed by atoms with Crippen molar-refractivity contribution in [2.45, 2.75) is 31.9 Å². The molecule has 1 atom stereocenters. The summed E-state index contributed by atoms with van der Waals surface area (Å²) in [4.78, 5) is 0. The first-order valence-electron chi connectivity index (χ1n) is 9.10. The van der Waals surface area contributed by atoms with Crippen LogP contribution in [0.2, 0.25) is 0 Å². The molecule has 0 fully saturated rings. The number of rotatable bonds is 8. The number of hydrogen-bond acceptors (Lipinski definition) is 3. The molecule has 3 aromatic carbocycles. The van der Waals surface area contributed by atoms with Crippen LogP contribution in [-0.2, 0) is 6.42 Å². The highest BCUT2D eigenvalue weighted by Gasteiger charge is 2.19. The molecule has 3 nitrogen and oxygen atoms in total. The molecular formula is C23H27NO2. The molecule has 3 rings (SSSR count). The average Bonchev–Trinajstić information content (AvgIpc) is 2.65. The van der Waals surface area contributed by atoms with Crippen molar-refractivity contribution in [1.82, 2.24) is 5.32 Å². The lowest BCUT2D eigenvalue weighted by molar-refractivity contribution is 0.0988. The maximum Gasteiger partial charge on any atom is 0.119 e. The van der Waals surface area contributed by atoms with Crippen molar-refractivity contribution in [2.24, 2.45) is 0 Å². The molecular weight excluding hydrogens is 322 g/mol. The fraction of sp³-hybridized carbons (Fsp3) is 0.304. The van der Waals surface area contributed by atoms with E-state index in [4.69, 9.17) is 4.74 Å². The van der Waals surface area contributed by atoms with Crippen LogP contribution in [0.5, 0.6) is 5.75 Å². The predicted molar refractivity (Wildman–Crippen MR) is 108 cm³/mol. The van der Waals surface area contributed by atoms with Gasteiger partial charge in [0.2, 0.25) is 0 Å². The van der Waals surface area contributed by atoms with Crippen LogP contribution in [0.1, 0.15) is 19.4 Å². The Balaban J connectivity index is 1.51. The summed E-state index contributed by atoms with van der Waals surface area (Å²) in [6.45, 7) is 5.09. The molecule has 0 bridgehead atoms. The summed E-state index contributed by atoms with van der Waals surface area (Å²) in [5, 5.41) is 16.2. The lowest BCUT2D eigenvalue weighted by Crippen LogP contribution is -2.46. The Morgan fingerprint density at radius 1 is 0.923 bits per heavy atom. The number of fused-ring (bicyclic) bond motifs is 1. The molecule has 3 aromatic rings. The van der Waals surface area contributed by atoms with Gasteiger partial charge in [0.05, 0.1) is 0 Å². The van der Waals surface area contributed by atoms with E-state index in [0.29, 0.717) is 6.54 Å². The van der Waals surface area contributed by atoms with Gasteiger partial charge in [-0.2, -0.15) is 0 Å². The van der Waals surface area contributed by atoms with Crippen LogP contribution in [-0.4, -0.2) is 29.9 Å². The van der Waals surface area contributed by atoms with Gasteiger partial charge < -0.3 is 15.2 Å². The molecule has 0 amide bonds. The van der Waals surface area contributed by atoms with Crippen molar-refractivity contribution < 1.29 is 9.84 Å². The van der Waals surface area contributed by atoms with Crippen LogP contribution in [0.4, 0.5) is 0 Å². The fourth-order valence-electron chi connectivity index (χ4n) is 3.08. The molecule has 0 aliphatic carbocycles. The summed E-state index contributed by atoms with van der Waals surface area (Å²) in [7, 11) is 0. The molecule has 26 heavy (non-hydrogen) atoms. The first-order chi connectivity index (χ1) is 12.5. The zero-order chi connectivity index (χ0) is 18.4. The van der Waals surface area contributed by atoms with Crippen molar-refractivity contribution in [3.05, 3.63) is 78.4 Å². The molecule has 1 unspecified atom stereocenters. The first kappa shape index (κ1) is 18.4. The van der Waals surface area contributed by atoms with E-state index in [-0.39, 0.29) is 12.1 Å². The number of aliphatic hydroxyl groups excluding tert-OH is 1. The highest BCUT2D eigenvalue weighted by molar-refractivity contribution is 5.83. The largest absolute Gasteiger partial charge is 0.491 e. The van der Waals surface area contributed by atoms with E-state index in [1.54, 1.807) is 0 Å². The number of benzene rings is 3. The van der Waals surface area contributed by atoms with Gasteiger partial charge >= 0.3 is 0 Å². The zero-order valence-electron chi connectivity index (χ0n) is 15.5. The van der Waals surface area contributed by atoms with Gasteiger partial charge in [-0.15, -0.1) is 0 Å². The number of para-hydroxylation sites is 1. The Hall–Kier alpha value is -2.36. The maximum atomic E-state index is 10.2. The number of ether oxygens (including phenoxy) is 1. The Morgan fingerprint density at radius 3 is 2.38 bits per heavy atom. The second kappa shape index (κ2) is 8.35. The van der Waals surface area contributed by atoms with E-state index < -0.39 is 6.10 Å². The van der Waals surface area contributed by atoms with Crippen LogP contribution in [0, 0.1) is 0 Å². The van der Waals surface area contributed by atoms with Gasteiger partial charge in [0.1, 0.15) is 18.5 Å². The summed E-state index contributed by atoms with van der Waals surface area (Å²) in [5.74, 6) is 0.780. The lowest BCUT2D eigenvalue weighted by atomic mass is 9.93. The van der Waals surface area contributed by atoms with Gasteiger partial charge in [0.15, 0.2) is 0 Å². The van der Waals surface area contributed by atoms with Crippen molar-refractivity contribution in [2.75, 3.05) is 13.2 Å². The van der Waals surface area contributed by atoms with Crippen LogP contribution in [0.25, 0.3) is 10.8 Å². The maximum absolute atomic E-state index is 10.2. The van der Waals surface area contributed by atoms with Gasteiger partial charge in [-0.1, -0.05) is 60.7 Å². The number of nitrogens with one attached hydrogen (secondary N) is 1. The Labute approximate surface area is 155 Å². The van der Waals surface area contributed by atoms with Crippen LogP contribution >= 0.6 is 0 Å². The van der Waals surface area contributed by atoms with Crippen molar-refractivity contribution >= 4 is 10.8 Å². The number of hydrogen-bond donors (Lipinski definition) is 2. The molecule has 3 heteroatoms. The topological polar surface area (TPSA) is 41.5 Å². The smallest absolute Gasteiger partial charge is 0.119 e. The summed E-state index contributed by atoms with van der Waals surface area (Å²) in [6, 6.07) is 24.6. The molecule has 0 aliphatic heterocycles. The number of β-amino-alcohol motifs (C(OH)–C–C–N with tert-alkyl or cyclic N) is 1. The van der Waals surface area contributed by atoms with Crippen LogP contribution < -0.4 is 10.1 Å². The van der Waals surface area contributed by atoms with Gasteiger partial charge in [-0.05, 0) is 48.7 Å². The van der Waals surface area contributed by atoms with E-state index in [9.17, 15) is 5.11 Å². The monoisotopic (exact) mass is 349 g/mol. The van der Waals surface area contributed by atoms with E-state index in [1.807, 2.05) is 30.3 Å². The second-order valence-corrected chi connectivity index (χ2v) is 7.40. The third-order valence-electron chi connectivity index (χ3n) is 4.46. The second-order valence-electron chi connectivity index (χ2n) is 7.40. The molecule has 0 saturated heterocycles. The van der Waals surface area contributed by atoms with E-state index in [1.165, 1.54) is 16.3 Å². The van der Waals surface area contributed by atoms with Crippen molar-refractivity contribution in [3.8, 4) is 5.75 Å². The summed E-state index contributed by atoms with van der Waals surface area (Å²) >= 11 is 0. The molecule has 0 saturated carbocycles. The minimum Gasteiger partial charge on any atom is -0.491 e. The van der Waals surface area contributed by atoms with E-state index >= 15 is 0 Å². The Bertz CT molecular complexity index is 830. The molecule has 2 N–H and O–H groups in total. The number of aliphatic hydroxyl groups is 1. The predicted octanol–water partition coefficient (Wildman–Crippen LogP) is 4.19. The van der Waals surface area contributed by atoms with Crippen molar-refractivity contribution in [1.29, 1.82) is 0 Å². The van der Waals surface area contributed by atoms with Gasteiger partial charge in [-0.25, -0.2) is 0 Å². The lowest BCUT2D eigenvalue weighted by Gasteiger charge is -2.28. The average molecular weight is 349 g/mol. The molecule has 0 heterocycles. The van der Waals surface area contributed by atoms with Gasteiger partial charge in [0, 0.05) is 12.1 Å². The first-order valence-corrected chi connectivity index (χ1v) is 9.10. The van der Waals surface area contributed by atoms with E-state index in [2.05, 4.69) is 61.6 Å².